The van der Waals surface area contributed by atoms with Crippen LogP contribution in [0.2, 0.25) is 0 Å². The van der Waals surface area contributed by atoms with Crippen LogP contribution in [0.1, 0.15) is 25.3 Å². The number of anilines is 1. The fourth-order valence-corrected chi connectivity index (χ4v) is 5.27. The number of nitrogens with zero attached hydrogens (tertiary/aromatic N) is 6. The maximum atomic E-state index is 13.7. The molecule has 4 aromatic rings. The van der Waals surface area contributed by atoms with Crippen molar-refractivity contribution in [2.75, 3.05) is 38.5 Å². The molecular weight excluding hydrogens is 494 g/mol. The van der Waals surface area contributed by atoms with E-state index in [1.54, 1.807) is 39.8 Å². The molecule has 0 unspecified atom stereocenters. The van der Waals surface area contributed by atoms with Crippen molar-refractivity contribution in [2.24, 2.45) is 0 Å². The van der Waals surface area contributed by atoms with Gasteiger partial charge in [-0.15, -0.1) is 0 Å². The van der Waals surface area contributed by atoms with Gasteiger partial charge in [-0.3, -0.25) is 18.8 Å². The lowest BCUT2D eigenvalue weighted by atomic mass is 10.1. The zero-order valence-corrected chi connectivity index (χ0v) is 21.6. The Bertz CT molecular complexity index is 1550. The topological polar surface area (TPSA) is 112 Å². The van der Waals surface area contributed by atoms with Crippen LogP contribution in [0.15, 0.2) is 77.9 Å². The number of amides is 1. The molecule has 0 aliphatic carbocycles. The van der Waals surface area contributed by atoms with Crippen LogP contribution in [0.5, 0.6) is 11.5 Å². The molecule has 10 heteroatoms. The summed E-state index contributed by atoms with van der Waals surface area (Å²) >= 11 is 0. The zero-order valence-electron chi connectivity index (χ0n) is 21.6. The van der Waals surface area contributed by atoms with E-state index in [1.807, 2.05) is 36.4 Å². The third-order valence-electron chi connectivity index (χ3n) is 7.37. The summed E-state index contributed by atoms with van der Waals surface area (Å²) in [6.45, 7) is 3.83. The fourth-order valence-electron chi connectivity index (χ4n) is 5.27. The number of ether oxygens (including phenoxy) is 1. The second-order valence-corrected chi connectivity index (χ2v) is 9.99. The number of fused-ring (bicyclic) bond motifs is 1. The molecule has 2 N–H and O–H groups in total. The number of nitrogen functional groups attached to an aromatic ring is 1. The summed E-state index contributed by atoms with van der Waals surface area (Å²) < 4.78 is 9.05. The predicted octanol–water partition coefficient (Wildman–Crippen LogP) is 3.38. The summed E-state index contributed by atoms with van der Waals surface area (Å²) in [4.78, 5) is 39.1. The van der Waals surface area contributed by atoms with Crippen molar-refractivity contribution in [3.63, 3.8) is 0 Å². The van der Waals surface area contributed by atoms with Crippen molar-refractivity contribution in [1.82, 2.24) is 28.9 Å². The van der Waals surface area contributed by atoms with E-state index < -0.39 is 0 Å². The average molecular weight is 526 g/mol. The number of aromatic nitrogens is 4. The first kappa shape index (κ1) is 24.9. The molecule has 2 aliphatic rings. The minimum Gasteiger partial charge on any atom is -0.457 e. The number of hydrogen-bond acceptors (Lipinski definition) is 7. The summed E-state index contributed by atoms with van der Waals surface area (Å²) in [7, 11) is 0. The van der Waals surface area contributed by atoms with Crippen LogP contribution in [-0.2, 0) is 4.79 Å². The van der Waals surface area contributed by atoms with Gasteiger partial charge in [-0.25, -0.2) is 14.8 Å². The lowest BCUT2D eigenvalue weighted by Crippen LogP contribution is -2.52. The summed E-state index contributed by atoms with van der Waals surface area (Å²) in [5.41, 5.74) is 7.49. The number of benzene rings is 2. The van der Waals surface area contributed by atoms with Gasteiger partial charge >= 0.3 is 5.69 Å². The highest BCUT2D eigenvalue weighted by Gasteiger charge is 2.35. The number of imidazole rings is 1. The van der Waals surface area contributed by atoms with E-state index in [4.69, 9.17) is 10.5 Å². The van der Waals surface area contributed by atoms with Crippen LogP contribution in [0.3, 0.4) is 0 Å². The highest BCUT2D eigenvalue weighted by Crippen LogP contribution is 2.28. The molecule has 2 aliphatic heterocycles. The Morgan fingerprint density at radius 3 is 2.44 bits per heavy atom. The molecule has 6 rings (SSSR count). The van der Waals surface area contributed by atoms with Gasteiger partial charge in [0, 0.05) is 25.7 Å². The molecule has 1 amide bonds. The van der Waals surface area contributed by atoms with Crippen LogP contribution in [-0.4, -0.2) is 67.5 Å². The predicted molar refractivity (Wildman–Crippen MR) is 149 cm³/mol. The first-order valence-electron chi connectivity index (χ1n) is 13.3. The summed E-state index contributed by atoms with van der Waals surface area (Å²) in [5.74, 6) is 1.55. The Morgan fingerprint density at radius 1 is 0.974 bits per heavy atom. The average Bonchev–Trinajstić information content (AvgIpc) is 3.22. The van der Waals surface area contributed by atoms with Gasteiger partial charge in [0.2, 0.25) is 5.91 Å². The normalized spacial score (nSPS) is 16.6. The van der Waals surface area contributed by atoms with E-state index in [2.05, 4.69) is 14.9 Å². The van der Waals surface area contributed by atoms with Crippen molar-refractivity contribution in [2.45, 2.75) is 25.3 Å². The first-order valence-corrected chi connectivity index (χ1v) is 13.3. The van der Waals surface area contributed by atoms with E-state index in [1.165, 1.54) is 30.2 Å². The van der Waals surface area contributed by atoms with Crippen LogP contribution in [0.25, 0.3) is 16.9 Å². The molecule has 0 atom stereocenters. The number of carbonyl (C=O) groups is 1. The molecule has 0 radical (unpaired) electrons. The number of rotatable bonds is 7. The Balaban J connectivity index is 1.21. The first-order chi connectivity index (χ1) is 19.1. The Hall–Kier alpha value is -4.44. The van der Waals surface area contributed by atoms with Crippen molar-refractivity contribution in [1.29, 1.82) is 0 Å². The largest absolute Gasteiger partial charge is 0.457 e. The molecule has 0 bridgehead atoms. The number of para-hydroxylation sites is 1. The van der Waals surface area contributed by atoms with Crippen LogP contribution < -0.4 is 16.2 Å². The van der Waals surface area contributed by atoms with Gasteiger partial charge in [0.1, 0.15) is 23.3 Å². The van der Waals surface area contributed by atoms with Gasteiger partial charge in [0.05, 0.1) is 11.7 Å². The monoisotopic (exact) mass is 525 g/mol. The minimum atomic E-state index is -0.272. The van der Waals surface area contributed by atoms with E-state index in [9.17, 15) is 9.59 Å². The highest BCUT2D eigenvalue weighted by atomic mass is 16.5. The van der Waals surface area contributed by atoms with Gasteiger partial charge in [0.15, 0.2) is 11.5 Å². The van der Waals surface area contributed by atoms with Gasteiger partial charge in [-0.1, -0.05) is 30.7 Å². The van der Waals surface area contributed by atoms with Crippen LogP contribution >= 0.6 is 0 Å². The Kier molecular flexibility index (Phi) is 6.85. The molecular formula is C29H31N7O3. The maximum absolute atomic E-state index is 13.7. The molecule has 2 saturated heterocycles. The molecule has 2 fully saturated rings. The van der Waals surface area contributed by atoms with Crippen molar-refractivity contribution < 1.29 is 9.53 Å². The van der Waals surface area contributed by atoms with E-state index in [0.29, 0.717) is 35.7 Å². The lowest BCUT2D eigenvalue weighted by Gasteiger charge is -2.38. The number of hydrogen-bond donors (Lipinski definition) is 1. The quantitative estimate of drug-likeness (QED) is 0.368. The summed E-state index contributed by atoms with van der Waals surface area (Å²) in [5, 5.41) is 0. The number of carbonyl (C=O) groups excluding carboxylic acids is 1. The standard InChI is InChI=1S/C29H31N7O3/c30-27-26-28(32-20-31-27)36(22-18-34(19-22)25(37)10-7-17-33-15-5-2-6-16-33)29(38)35(26)21-11-13-24(14-12-21)39-23-8-3-1-4-9-23/h1,3-4,7-14,20,22H,2,5-6,15-19H2,(H2,30,31,32). The Morgan fingerprint density at radius 2 is 1.69 bits per heavy atom. The van der Waals surface area contributed by atoms with Crippen molar-refractivity contribution in [3.8, 4) is 17.2 Å². The summed E-state index contributed by atoms with van der Waals surface area (Å²) in [6, 6.07) is 16.5. The smallest absolute Gasteiger partial charge is 0.335 e. The molecule has 200 valence electrons. The molecule has 10 nitrogen and oxygen atoms in total. The molecule has 2 aromatic heterocycles. The zero-order chi connectivity index (χ0) is 26.8. The van der Waals surface area contributed by atoms with Gasteiger partial charge in [-0.05, 0) is 62.3 Å². The summed E-state index contributed by atoms with van der Waals surface area (Å²) in [6.07, 6.45) is 8.68. The maximum Gasteiger partial charge on any atom is 0.335 e. The number of nitrogens with two attached hydrogens (primary N) is 1. The third kappa shape index (κ3) is 5.03. The SMILES string of the molecule is Nc1ncnc2c1n(-c1ccc(Oc3ccccc3)cc1)c(=O)n2C1CN(C(=O)C=CCN2CCCCC2)C1. The fraction of sp³-hybridized carbons (Fsp3) is 0.310. The van der Waals surface area contributed by atoms with Crippen molar-refractivity contribution in [3.05, 3.63) is 83.6 Å². The minimum absolute atomic E-state index is 0.0387. The molecule has 0 spiro atoms. The van der Waals surface area contributed by atoms with Crippen molar-refractivity contribution >= 4 is 22.9 Å². The second kappa shape index (κ2) is 10.7. The van der Waals surface area contributed by atoms with E-state index >= 15 is 0 Å². The van der Waals surface area contributed by atoms with Gasteiger partial charge in [0.25, 0.3) is 0 Å². The molecule has 2 aromatic carbocycles. The number of piperidine rings is 1. The highest BCUT2D eigenvalue weighted by molar-refractivity contribution is 5.88. The Labute approximate surface area is 225 Å². The number of likely N-dealkylation sites (tertiary alicyclic amines) is 2. The third-order valence-corrected chi connectivity index (χ3v) is 7.37. The molecule has 4 heterocycles. The lowest BCUT2D eigenvalue weighted by molar-refractivity contribution is -0.131. The van der Waals surface area contributed by atoms with Crippen LogP contribution in [0.4, 0.5) is 5.82 Å². The van der Waals surface area contributed by atoms with E-state index in [0.717, 1.165) is 25.4 Å². The van der Waals surface area contributed by atoms with E-state index in [-0.39, 0.29) is 23.5 Å². The van der Waals surface area contributed by atoms with Gasteiger partial charge in [-0.2, -0.15) is 0 Å². The second-order valence-electron chi connectivity index (χ2n) is 9.99. The molecule has 39 heavy (non-hydrogen) atoms. The van der Waals surface area contributed by atoms with Crippen LogP contribution in [0, 0.1) is 0 Å². The molecule has 0 saturated carbocycles. The van der Waals surface area contributed by atoms with Gasteiger partial charge < -0.3 is 15.4 Å².